The molecule has 13 heteroatoms. The van der Waals surface area contributed by atoms with E-state index in [-0.39, 0.29) is 10.6 Å². The Morgan fingerprint density at radius 2 is 1.79 bits per heavy atom. The molecular weight excluding hydrogens is 437 g/mol. The van der Waals surface area contributed by atoms with Crippen LogP contribution in [-0.2, 0) is 14.6 Å². The van der Waals surface area contributed by atoms with Gasteiger partial charge in [-0.2, -0.15) is 0 Å². The number of hydrogen-bond donors (Lipinski definition) is 3. The molecule has 0 saturated heterocycles. The first kappa shape index (κ1) is 22.6. The fourth-order valence-electron chi connectivity index (χ4n) is 2.02. The highest BCUT2D eigenvalue weighted by Gasteiger charge is 2.35. The number of carbonyl (C=O) groups excluding carboxylic acids is 2. The lowest BCUT2D eigenvalue weighted by atomic mass is 10.1. The van der Waals surface area contributed by atoms with Gasteiger partial charge < -0.3 is 20.9 Å². The number of sulfone groups is 1. The van der Waals surface area contributed by atoms with Gasteiger partial charge in [-0.3, -0.25) is 9.59 Å². The van der Waals surface area contributed by atoms with Gasteiger partial charge in [-0.1, -0.05) is 12.1 Å². The van der Waals surface area contributed by atoms with Crippen molar-refractivity contribution >= 4 is 38.0 Å². The maximum absolute atomic E-state index is 12.9. The molecule has 4 N–H and O–H groups in total. The highest BCUT2D eigenvalue weighted by atomic mass is 32.2. The molecule has 0 aliphatic heterocycles. The Morgan fingerprint density at radius 3 is 2.31 bits per heavy atom. The molecule has 0 aliphatic carbocycles. The van der Waals surface area contributed by atoms with Crippen LogP contribution in [0.25, 0.3) is 0 Å². The highest BCUT2D eigenvalue weighted by molar-refractivity contribution is 7.93. The minimum absolute atomic E-state index is 0.280. The Bertz CT molecular complexity index is 1060. The summed E-state index contributed by atoms with van der Waals surface area (Å²) in [4.78, 5) is 22.8. The van der Waals surface area contributed by atoms with Crippen LogP contribution in [0.3, 0.4) is 0 Å². The summed E-state index contributed by atoms with van der Waals surface area (Å²) in [6, 6.07) is 4.88. The largest absolute Gasteiger partial charge is 0.573 e. The third-order valence-corrected chi connectivity index (χ3v) is 6.70. The zero-order valence-electron chi connectivity index (χ0n) is 14.9. The minimum atomic E-state index is -5.13. The van der Waals surface area contributed by atoms with Gasteiger partial charge in [-0.05, 0) is 32.0 Å². The van der Waals surface area contributed by atoms with E-state index in [1.54, 1.807) is 0 Å². The first-order valence-electron chi connectivity index (χ1n) is 7.70. The Kier molecular flexibility index (Phi) is 5.97. The number of amides is 2. The van der Waals surface area contributed by atoms with Crippen LogP contribution in [0.1, 0.15) is 24.2 Å². The predicted molar refractivity (Wildman–Crippen MR) is 96.3 cm³/mol. The molecule has 2 amide bonds. The summed E-state index contributed by atoms with van der Waals surface area (Å²) in [6.45, 7) is 2.31. The average molecular weight is 452 g/mol. The van der Waals surface area contributed by atoms with Gasteiger partial charge in [0.1, 0.15) is 25.5 Å². The number of benzene rings is 1. The van der Waals surface area contributed by atoms with Gasteiger partial charge in [0, 0.05) is 0 Å². The first-order valence-corrected chi connectivity index (χ1v) is 10.00. The molecular formula is C16H15F3N2O6S2. The number of rotatable bonds is 6. The van der Waals surface area contributed by atoms with E-state index in [9.17, 15) is 36.3 Å². The molecule has 0 spiro atoms. The topological polar surface area (TPSA) is 136 Å². The lowest BCUT2D eigenvalue weighted by Crippen LogP contribution is -2.36. The van der Waals surface area contributed by atoms with Crippen molar-refractivity contribution in [2.45, 2.75) is 34.9 Å². The third kappa shape index (κ3) is 5.25. The summed E-state index contributed by atoms with van der Waals surface area (Å²) >= 11 is 0.392. The molecule has 0 fully saturated rings. The van der Waals surface area contributed by atoms with Gasteiger partial charge in [0.25, 0.3) is 11.8 Å². The van der Waals surface area contributed by atoms with Crippen LogP contribution in [0.4, 0.5) is 18.2 Å². The van der Waals surface area contributed by atoms with Crippen LogP contribution >= 0.6 is 11.3 Å². The van der Waals surface area contributed by atoms with E-state index in [4.69, 9.17) is 5.73 Å². The smallest absolute Gasteiger partial charge is 0.404 e. The Balaban J connectivity index is 2.56. The van der Waals surface area contributed by atoms with Crippen molar-refractivity contribution in [2.75, 3.05) is 5.32 Å². The molecule has 1 aromatic heterocycles. The van der Waals surface area contributed by atoms with Gasteiger partial charge in [0.15, 0.2) is 0 Å². The maximum Gasteiger partial charge on any atom is 0.573 e. The van der Waals surface area contributed by atoms with Gasteiger partial charge in [-0.25, -0.2) is 8.42 Å². The van der Waals surface area contributed by atoms with Gasteiger partial charge in [0.2, 0.25) is 9.84 Å². The van der Waals surface area contributed by atoms with E-state index < -0.39 is 48.5 Å². The number of thiophene rings is 1. The zero-order chi connectivity index (χ0) is 22.2. The Hall–Kier alpha value is -2.64. The quantitative estimate of drug-likeness (QED) is 0.615. The summed E-state index contributed by atoms with van der Waals surface area (Å²) < 4.78 is 66.7. The van der Waals surface area contributed by atoms with Crippen molar-refractivity contribution in [3.8, 4) is 5.75 Å². The molecule has 2 rings (SSSR count). The van der Waals surface area contributed by atoms with Crippen LogP contribution < -0.4 is 15.8 Å². The fraction of sp³-hybridized carbons (Fsp3) is 0.250. The number of nitrogens with one attached hydrogen (secondary N) is 1. The number of anilines is 1. The standard InChI is InChI=1S/C16H15F3N2O6S2/c1-15(2,24)14(23)21-13-8(12(20)22)7-11(28-13)29(25,26)10-6-4-3-5-9(10)27-16(17,18)19/h3-7,24H,1-2H3,(H2,20,22)(H,21,23). The molecule has 158 valence electrons. The SMILES string of the molecule is CC(C)(O)C(=O)Nc1sc(S(=O)(=O)c2ccccc2OC(F)(F)F)cc1C(N)=O. The van der Waals surface area contributed by atoms with Crippen LogP contribution in [0, 0.1) is 0 Å². The third-order valence-electron chi connectivity index (χ3n) is 3.39. The zero-order valence-corrected chi connectivity index (χ0v) is 16.5. The van der Waals surface area contributed by atoms with Crippen LogP contribution in [0.15, 0.2) is 39.4 Å². The predicted octanol–water partition coefficient (Wildman–Crippen LogP) is 2.29. The number of nitrogens with two attached hydrogens (primary N) is 1. The lowest BCUT2D eigenvalue weighted by molar-refractivity contribution is -0.275. The summed E-state index contributed by atoms with van der Waals surface area (Å²) in [7, 11) is -4.58. The maximum atomic E-state index is 12.9. The second-order valence-corrected chi connectivity index (χ2v) is 9.38. The highest BCUT2D eigenvalue weighted by Crippen LogP contribution is 2.38. The van der Waals surface area contributed by atoms with Crippen molar-refractivity contribution < 1.29 is 41.0 Å². The summed E-state index contributed by atoms with van der Waals surface area (Å²) in [5.74, 6) is -3.00. The summed E-state index contributed by atoms with van der Waals surface area (Å²) in [6.07, 6.45) is -5.13. The van der Waals surface area contributed by atoms with Crippen LogP contribution in [0.2, 0.25) is 0 Å². The molecule has 0 radical (unpaired) electrons. The molecule has 2 aromatic rings. The molecule has 8 nitrogen and oxygen atoms in total. The van der Waals surface area contributed by atoms with Crippen molar-refractivity contribution in [1.82, 2.24) is 0 Å². The van der Waals surface area contributed by atoms with Crippen molar-refractivity contribution in [2.24, 2.45) is 5.73 Å². The fourth-order valence-corrected chi connectivity index (χ4v) is 4.89. The second-order valence-electron chi connectivity index (χ2n) is 6.18. The number of para-hydroxylation sites is 1. The lowest BCUT2D eigenvalue weighted by Gasteiger charge is -2.16. The van der Waals surface area contributed by atoms with Gasteiger partial charge in [-0.15, -0.1) is 24.5 Å². The van der Waals surface area contributed by atoms with Gasteiger partial charge >= 0.3 is 6.36 Å². The van der Waals surface area contributed by atoms with Crippen molar-refractivity contribution in [3.63, 3.8) is 0 Å². The van der Waals surface area contributed by atoms with Gasteiger partial charge in [0.05, 0.1) is 5.56 Å². The summed E-state index contributed by atoms with van der Waals surface area (Å²) in [5.41, 5.74) is 2.95. The Labute approximate surface area is 167 Å². The Morgan fingerprint density at radius 1 is 1.21 bits per heavy atom. The second kappa shape index (κ2) is 7.65. The van der Waals surface area contributed by atoms with E-state index in [0.29, 0.717) is 11.3 Å². The van der Waals surface area contributed by atoms with Crippen molar-refractivity contribution in [1.29, 1.82) is 0 Å². The normalized spacial score (nSPS) is 12.5. The monoisotopic (exact) mass is 452 g/mol. The average Bonchev–Trinajstić information content (AvgIpc) is 2.97. The number of ether oxygens (including phenoxy) is 1. The van der Waals surface area contributed by atoms with Crippen LogP contribution in [0.5, 0.6) is 5.75 Å². The first-order chi connectivity index (χ1) is 13.1. The number of halogens is 3. The molecule has 0 saturated carbocycles. The number of alkyl halides is 3. The number of primary amides is 1. The molecule has 1 aromatic carbocycles. The number of aliphatic hydroxyl groups is 1. The van der Waals surface area contributed by atoms with E-state index >= 15 is 0 Å². The molecule has 0 bridgehead atoms. The van der Waals surface area contributed by atoms with Crippen molar-refractivity contribution in [3.05, 3.63) is 35.9 Å². The molecule has 29 heavy (non-hydrogen) atoms. The van der Waals surface area contributed by atoms with E-state index in [0.717, 1.165) is 38.1 Å². The number of hydrogen-bond acceptors (Lipinski definition) is 7. The molecule has 0 aliphatic rings. The van der Waals surface area contributed by atoms with E-state index in [2.05, 4.69) is 10.1 Å². The van der Waals surface area contributed by atoms with Crippen LogP contribution in [-0.4, -0.2) is 37.3 Å². The minimum Gasteiger partial charge on any atom is -0.404 e. The van der Waals surface area contributed by atoms with E-state index in [1.807, 2.05) is 0 Å². The molecule has 0 atom stereocenters. The summed E-state index contributed by atoms with van der Waals surface area (Å²) in [5, 5.41) is 11.6. The molecule has 1 heterocycles. The van der Waals surface area contributed by atoms with E-state index in [1.165, 1.54) is 6.07 Å². The molecule has 0 unspecified atom stereocenters. The number of carbonyl (C=O) groups is 2.